The zero-order valence-electron chi connectivity index (χ0n) is 10.3. The molecule has 4 saturated carbocycles. The highest BCUT2D eigenvalue weighted by Gasteiger charge is 3.09. The van der Waals surface area contributed by atoms with Gasteiger partial charge in [-0.15, -0.1) is 0 Å². The second-order valence-electron chi connectivity index (χ2n) is 6.92. The molecule has 0 bridgehead atoms. The summed E-state index contributed by atoms with van der Waals surface area (Å²) < 4.78 is 5.03. The first kappa shape index (κ1) is 9.29. The molecule has 5 aliphatic rings. The van der Waals surface area contributed by atoms with Gasteiger partial charge in [-0.1, -0.05) is 30.3 Å². The maximum Gasteiger partial charge on any atom is 0.321 e. The summed E-state index contributed by atoms with van der Waals surface area (Å²) in [5.74, 6) is 1.44. The average Bonchev–Trinajstić information content (AvgIpc) is 3.12. The molecular formula is C16H12O3. The number of esters is 2. The van der Waals surface area contributed by atoms with Crippen molar-refractivity contribution in [1.29, 1.82) is 0 Å². The van der Waals surface area contributed by atoms with Crippen molar-refractivity contribution in [3.63, 3.8) is 0 Å². The van der Waals surface area contributed by atoms with Gasteiger partial charge in [-0.25, -0.2) is 0 Å². The molecule has 3 nitrogen and oxygen atoms in total. The van der Waals surface area contributed by atoms with E-state index in [9.17, 15) is 9.59 Å². The minimum absolute atomic E-state index is 0.191. The molecule has 1 saturated heterocycles. The minimum Gasteiger partial charge on any atom is -0.392 e. The maximum absolute atomic E-state index is 12.4. The molecule has 1 aromatic rings. The summed E-state index contributed by atoms with van der Waals surface area (Å²) in [7, 11) is 0. The molecule has 6 rings (SSSR count). The third kappa shape index (κ3) is 0.536. The van der Waals surface area contributed by atoms with Gasteiger partial charge in [-0.05, 0) is 36.2 Å². The number of ether oxygens (including phenoxy) is 1. The van der Waals surface area contributed by atoms with Crippen LogP contribution in [0.15, 0.2) is 30.3 Å². The molecule has 1 aliphatic heterocycles. The summed E-state index contributed by atoms with van der Waals surface area (Å²) in [6.45, 7) is 0. The normalized spacial score (nSPS) is 57.8. The summed E-state index contributed by atoms with van der Waals surface area (Å²) in [5, 5.41) is 0. The smallest absolute Gasteiger partial charge is 0.321 e. The molecule has 5 fully saturated rings. The number of carbonyl (C=O) groups excluding carboxylic acids is 2. The van der Waals surface area contributed by atoms with Gasteiger partial charge < -0.3 is 4.74 Å². The largest absolute Gasteiger partial charge is 0.392 e. The topological polar surface area (TPSA) is 43.4 Å². The third-order valence-corrected chi connectivity index (χ3v) is 7.04. The van der Waals surface area contributed by atoms with Gasteiger partial charge in [-0.2, -0.15) is 0 Å². The maximum atomic E-state index is 12.4. The molecule has 1 aromatic carbocycles. The van der Waals surface area contributed by atoms with E-state index < -0.39 is 10.8 Å². The van der Waals surface area contributed by atoms with Gasteiger partial charge in [0, 0.05) is 5.41 Å². The Morgan fingerprint density at radius 1 is 0.947 bits per heavy atom. The van der Waals surface area contributed by atoms with Crippen LogP contribution in [0.1, 0.15) is 18.4 Å². The van der Waals surface area contributed by atoms with Crippen LogP contribution in [0.3, 0.4) is 0 Å². The molecule has 2 spiro atoms. The predicted octanol–water partition coefficient (Wildman–Crippen LogP) is 1.66. The summed E-state index contributed by atoms with van der Waals surface area (Å²) in [6, 6.07) is 10.2. The molecule has 0 N–H and O–H groups in total. The van der Waals surface area contributed by atoms with Crippen molar-refractivity contribution in [2.45, 2.75) is 18.3 Å². The molecule has 4 aliphatic carbocycles. The van der Waals surface area contributed by atoms with Crippen molar-refractivity contribution in [3.8, 4) is 0 Å². The second-order valence-corrected chi connectivity index (χ2v) is 6.92. The summed E-state index contributed by atoms with van der Waals surface area (Å²) in [4.78, 5) is 24.7. The van der Waals surface area contributed by atoms with E-state index >= 15 is 0 Å². The lowest BCUT2D eigenvalue weighted by Crippen LogP contribution is -2.29. The highest BCUT2D eigenvalue weighted by molar-refractivity contribution is 6.13. The predicted molar refractivity (Wildman–Crippen MR) is 63.8 cm³/mol. The van der Waals surface area contributed by atoms with Crippen LogP contribution >= 0.6 is 0 Å². The van der Waals surface area contributed by atoms with Gasteiger partial charge in [-0.3, -0.25) is 9.59 Å². The molecule has 94 valence electrons. The number of rotatable bonds is 1. The van der Waals surface area contributed by atoms with Gasteiger partial charge in [0.25, 0.3) is 0 Å². The standard InChI is InChI=1S/C16H12O3/c17-12-14-6-9-10-7-15(14,13(18)19-12)16(14,11(9)10)8-4-2-1-3-5-8/h1-5,9-11H,6-7H2. The van der Waals surface area contributed by atoms with Crippen molar-refractivity contribution < 1.29 is 14.3 Å². The number of hydrogen-bond acceptors (Lipinski definition) is 3. The van der Waals surface area contributed by atoms with Crippen LogP contribution in [0.4, 0.5) is 0 Å². The Hall–Kier alpha value is -1.64. The van der Waals surface area contributed by atoms with Crippen LogP contribution in [-0.2, 0) is 19.7 Å². The zero-order valence-corrected chi connectivity index (χ0v) is 10.3. The zero-order chi connectivity index (χ0) is 12.6. The minimum atomic E-state index is -0.484. The Labute approximate surface area is 109 Å². The van der Waals surface area contributed by atoms with Gasteiger partial charge in [0.1, 0.15) is 0 Å². The van der Waals surface area contributed by atoms with E-state index in [4.69, 9.17) is 4.74 Å². The molecular weight excluding hydrogens is 240 g/mol. The van der Waals surface area contributed by atoms with Crippen molar-refractivity contribution in [2.24, 2.45) is 28.6 Å². The fraction of sp³-hybridized carbons (Fsp3) is 0.500. The summed E-state index contributed by atoms with van der Waals surface area (Å²) in [5.41, 5.74) is 0.0427. The van der Waals surface area contributed by atoms with Crippen molar-refractivity contribution in [2.75, 3.05) is 0 Å². The van der Waals surface area contributed by atoms with E-state index in [-0.39, 0.29) is 17.4 Å². The van der Waals surface area contributed by atoms with E-state index in [1.165, 1.54) is 5.56 Å². The Kier molecular flexibility index (Phi) is 1.05. The monoisotopic (exact) mass is 252 g/mol. The molecule has 3 heteroatoms. The van der Waals surface area contributed by atoms with Crippen LogP contribution in [-0.4, -0.2) is 11.9 Å². The second kappa shape index (κ2) is 2.15. The van der Waals surface area contributed by atoms with Crippen LogP contribution < -0.4 is 0 Å². The first-order valence-corrected chi connectivity index (χ1v) is 7.04. The summed E-state index contributed by atoms with van der Waals surface area (Å²) >= 11 is 0. The first-order valence-electron chi connectivity index (χ1n) is 7.04. The van der Waals surface area contributed by atoms with E-state index in [1.807, 2.05) is 18.2 Å². The highest BCUT2D eigenvalue weighted by Crippen LogP contribution is 3.03. The average molecular weight is 252 g/mol. The number of hydrogen-bond donors (Lipinski definition) is 0. The molecule has 1 heterocycles. The van der Waals surface area contributed by atoms with Crippen LogP contribution in [0.2, 0.25) is 0 Å². The molecule has 4 atom stereocenters. The van der Waals surface area contributed by atoms with Crippen LogP contribution in [0.5, 0.6) is 0 Å². The van der Waals surface area contributed by atoms with Crippen LogP contribution in [0, 0.1) is 28.6 Å². The Morgan fingerprint density at radius 3 is 2.11 bits per heavy atom. The molecule has 0 radical (unpaired) electrons. The van der Waals surface area contributed by atoms with E-state index in [1.54, 1.807) is 0 Å². The van der Waals surface area contributed by atoms with Gasteiger partial charge in [0.15, 0.2) is 0 Å². The number of fused-ring (bicyclic) bond motifs is 1. The Bertz CT molecular complexity index is 657. The van der Waals surface area contributed by atoms with E-state index in [0.29, 0.717) is 17.8 Å². The number of cyclic esters (lactones) is 2. The van der Waals surface area contributed by atoms with Gasteiger partial charge >= 0.3 is 11.9 Å². The van der Waals surface area contributed by atoms with Gasteiger partial charge in [0.2, 0.25) is 0 Å². The fourth-order valence-corrected chi connectivity index (χ4v) is 6.80. The molecule has 0 amide bonds. The van der Waals surface area contributed by atoms with Crippen molar-refractivity contribution >= 4 is 11.9 Å². The molecule has 4 unspecified atom stereocenters. The lowest BCUT2D eigenvalue weighted by Gasteiger charge is -2.21. The van der Waals surface area contributed by atoms with E-state index in [2.05, 4.69) is 12.1 Å². The SMILES string of the molecule is O=C1OC(=O)C23CC4C5CC12C3(c1ccccc1)C54. The molecule has 19 heavy (non-hydrogen) atoms. The third-order valence-electron chi connectivity index (χ3n) is 7.04. The Morgan fingerprint density at radius 2 is 1.53 bits per heavy atom. The number of benzene rings is 1. The molecule has 0 aromatic heterocycles. The lowest BCUT2D eigenvalue weighted by atomic mass is 9.81. The number of carbonyl (C=O) groups is 2. The van der Waals surface area contributed by atoms with Crippen molar-refractivity contribution in [1.82, 2.24) is 0 Å². The Balaban J connectivity index is 1.72. The first-order chi connectivity index (χ1) is 9.22. The van der Waals surface area contributed by atoms with Crippen LogP contribution in [0.25, 0.3) is 0 Å². The lowest BCUT2D eigenvalue weighted by molar-refractivity contribution is -0.159. The fourth-order valence-electron chi connectivity index (χ4n) is 6.80. The van der Waals surface area contributed by atoms with E-state index in [0.717, 1.165) is 12.8 Å². The highest BCUT2D eigenvalue weighted by atomic mass is 16.6. The summed E-state index contributed by atoms with van der Waals surface area (Å²) in [6.07, 6.45) is 1.78. The quantitative estimate of drug-likeness (QED) is 0.564. The van der Waals surface area contributed by atoms with Gasteiger partial charge in [0.05, 0.1) is 10.8 Å². The van der Waals surface area contributed by atoms with Crippen molar-refractivity contribution in [3.05, 3.63) is 35.9 Å².